The molecule has 1 aliphatic rings. The van der Waals surface area contributed by atoms with Crippen LogP contribution in [0.25, 0.3) is 0 Å². The fourth-order valence-corrected chi connectivity index (χ4v) is 2.30. The predicted octanol–water partition coefficient (Wildman–Crippen LogP) is 3.76. The van der Waals surface area contributed by atoms with Gasteiger partial charge in [-0.2, -0.15) is 0 Å². The van der Waals surface area contributed by atoms with Gasteiger partial charge in [0.25, 0.3) is 0 Å². The number of hydrogen-bond acceptors (Lipinski definition) is 3. The van der Waals surface area contributed by atoms with E-state index in [0.29, 0.717) is 19.7 Å². The Bertz CT molecular complexity index is 349. The lowest BCUT2D eigenvalue weighted by Crippen LogP contribution is -2.49. The molecule has 20 heavy (non-hydrogen) atoms. The summed E-state index contributed by atoms with van der Waals surface area (Å²) in [6, 6.07) is 0. The van der Waals surface area contributed by atoms with E-state index < -0.39 is 5.60 Å². The van der Waals surface area contributed by atoms with Gasteiger partial charge in [0, 0.05) is 13.1 Å². The molecule has 0 atom stereocenters. The minimum atomic E-state index is -0.438. The molecule has 4 nitrogen and oxygen atoms in total. The Morgan fingerprint density at radius 3 is 2.25 bits per heavy atom. The monoisotopic (exact) mass is 283 g/mol. The Labute approximate surface area is 123 Å². The quantitative estimate of drug-likeness (QED) is 0.737. The molecule has 1 rings (SSSR count). The van der Waals surface area contributed by atoms with Crippen molar-refractivity contribution in [3.05, 3.63) is 12.2 Å². The van der Waals surface area contributed by atoms with Crippen LogP contribution >= 0.6 is 0 Å². The lowest BCUT2D eigenvalue weighted by Gasteiger charge is -2.41. The molecule has 0 spiro atoms. The molecule has 4 heteroatoms. The van der Waals surface area contributed by atoms with E-state index in [4.69, 9.17) is 9.47 Å². The molecule has 1 heterocycles. The Morgan fingerprint density at radius 2 is 1.85 bits per heavy atom. The first-order chi connectivity index (χ1) is 9.17. The van der Waals surface area contributed by atoms with Gasteiger partial charge in [0.15, 0.2) is 0 Å². The lowest BCUT2D eigenvalue weighted by atomic mass is 9.88. The molecule has 0 N–H and O–H groups in total. The van der Waals surface area contributed by atoms with Gasteiger partial charge < -0.3 is 14.4 Å². The zero-order valence-electron chi connectivity index (χ0n) is 13.6. The Hall–Kier alpha value is -1.03. The van der Waals surface area contributed by atoms with Crippen LogP contribution < -0.4 is 0 Å². The Balaban J connectivity index is 2.52. The fourth-order valence-electron chi connectivity index (χ4n) is 2.30. The van der Waals surface area contributed by atoms with Gasteiger partial charge in [-0.25, -0.2) is 4.79 Å². The molecule has 0 aromatic carbocycles. The summed E-state index contributed by atoms with van der Waals surface area (Å²) in [5.41, 5.74) is 0.483. The van der Waals surface area contributed by atoms with Crippen molar-refractivity contribution in [3.8, 4) is 0 Å². The van der Waals surface area contributed by atoms with Crippen molar-refractivity contribution in [2.45, 2.75) is 65.1 Å². The maximum Gasteiger partial charge on any atom is 0.410 e. The summed E-state index contributed by atoms with van der Waals surface area (Å²) < 4.78 is 11.4. The number of likely N-dealkylation sites (tertiary alicyclic amines) is 1. The first-order valence-electron chi connectivity index (χ1n) is 7.44. The third-order valence-corrected chi connectivity index (χ3v) is 3.60. The van der Waals surface area contributed by atoms with Crippen LogP contribution in [0.2, 0.25) is 0 Å². The summed E-state index contributed by atoms with van der Waals surface area (Å²) >= 11 is 0. The highest BCUT2D eigenvalue weighted by atomic mass is 16.6. The third-order valence-electron chi connectivity index (χ3n) is 3.60. The molecule has 1 saturated heterocycles. The van der Waals surface area contributed by atoms with E-state index in [1.807, 2.05) is 27.7 Å². The van der Waals surface area contributed by atoms with Crippen molar-refractivity contribution in [2.75, 3.05) is 19.7 Å². The average molecular weight is 283 g/mol. The molecule has 0 unspecified atom stereocenters. The fraction of sp³-hybridized carbons (Fsp3) is 0.812. The highest BCUT2D eigenvalue weighted by molar-refractivity contribution is 5.68. The van der Waals surface area contributed by atoms with Gasteiger partial charge in [-0.05, 0) is 47.0 Å². The summed E-state index contributed by atoms with van der Waals surface area (Å²) in [6.45, 7) is 15.6. The van der Waals surface area contributed by atoms with Crippen LogP contribution in [0.4, 0.5) is 4.79 Å². The van der Waals surface area contributed by atoms with Crippen molar-refractivity contribution < 1.29 is 14.3 Å². The number of piperidine rings is 1. The standard InChI is InChI=1S/C16H29NO3/c1-7-16(19-12-13(2)3)8-10-17(11-9-16)14(18)20-15(4,5)6/h2,7-12H2,1,3-6H3. The van der Waals surface area contributed by atoms with Crippen molar-refractivity contribution in [1.29, 1.82) is 0 Å². The Kier molecular flexibility index (Phi) is 5.63. The molecule has 1 fully saturated rings. The molecule has 0 aromatic rings. The van der Waals surface area contributed by atoms with E-state index in [-0.39, 0.29) is 11.7 Å². The molecular formula is C16H29NO3. The second-order valence-corrected chi connectivity index (χ2v) is 6.75. The summed E-state index contributed by atoms with van der Waals surface area (Å²) in [5.74, 6) is 0. The first-order valence-corrected chi connectivity index (χ1v) is 7.44. The van der Waals surface area contributed by atoms with E-state index in [1.54, 1.807) is 4.90 Å². The normalized spacial score (nSPS) is 18.8. The second-order valence-electron chi connectivity index (χ2n) is 6.75. The number of nitrogens with zero attached hydrogens (tertiary/aromatic N) is 1. The van der Waals surface area contributed by atoms with Crippen LogP contribution in [0.15, 0.2) is 12.2 Å². The molecule has 116 valence electrons. The van der Waals surface area contributed by atoms with Crippen molar-refractivity contribution >= 4 is 6.09 Å². The predicted molar refractivity (Wildman–Crippen MR) is 80.8 cm³/mol. The van der Waals surface area contributed by atoms with Gasteiger partial charge in [-0.1, -0.05) is 19.1 Å². The molecule has 0 radical (unpaired) electrons. The maximum atomic E-state index is 12.0. The summed E-state index contributed by atoms with van der Waals surface area (Å²) in [5, 5.41) is 0. The van der Waals surface area contributed by atoms with E-state index in [0.717, 1.165) is 24.8 Å². The lowest BCUT2D eigenvalue weighted by molar-refractivity contribution is -0.0785. The topological polar surface area (TPSA) is 38.8 Å². The van der Waals surface area contributed by atoms with E-state index in [1.165, 1.54) is 0 Å². The molecule has 0 aromatic heterocycles. The van der Waals surface area contributed by atoms with Gasteiger partial charge in [0.2, 0.25) is 0 Å². The molecule has 1 amide bonds. The second kappa shape index (κ2) is 6.61. The minimum Gasteiger partial charge on any atom is -0.444 e. The largest absolute Gasteiger partial charge is 0.444 e. The summed E-state index contributed by atoms with van der Waals surface area (Å²) in [6.07, 6.45) is 2.45. The van der Waals surface area contributed by atoms with Gasteiger partial charge in [0.1, 0.15) is 5.60 Å². The average Bonchev–Trinajstić information content (AvgIpc) is 2.35. The SMILES string of the molecule is C=C(C)COC1(CC)CCN(C(=O)OC(C)(C)C)CC1. The Morgan fingerprint density at radius 1 is 1.30 bits per heavy atom. The van der Waals surface area contributed by atoms with Crippen LogP contribution in [-0.2, 0) is 9.47 Å². The summed E-state index contributed by atoms with van der Waals surface area (Å²) in [4.78, 5) is 13.8. The number of carbonyl (C=O) groups excluding carboxylic acids is 1. The minimum absolute atomic E-state index is 0.114. The third kappa shape index (κ3) is 5.16. The molecule has 0 bridgehead atoms. The first kappa shape index (κ1) is 17.0. The molecule has 0 saturated carbocycles. The van der Waals surface area contributed by atoms with Crippen LogP contribution in [0, 0.1) is 0 Å². The van der Waals surface area contributed by atoms with Gasteiger partial charge in [-0.3, -0.25) is 0 Å². The number of carbonyl (C=O) groups is 1. The number of amides is 1. The van der Waals surface area contributed by atoms with Gasteiger partial charge in [0.05, 0.1) is 12.2 Å². The van der Waals surface area contributed by atoms with Crippen molar-refractivity contribution in [2.24, 2.45) is 0 Å². The van der Waals surface area contributed by atoms with E-state index in [2.05, 4.69) is 13.5 Å². The van der Waals surface area contributed by atoms with E-state index >= 15 is 0 Å². The number of hydrogen-bond donors (Lipinski definition) is 0. The van der Waals surface area contributed by atoms with Crippen LogP contribution in [-0.4, -0.2) is 41.9 Å². The van der Waals surface area contributed by atoms with Crippen molar-refractivity contribution in [1.82, 2.24) is 4.90 Å². The number of ether oxygens (including phenoxy) is 2. The molecule has 1 aliphatic heterocycles. The molecular weight excluding hydrogens is 254 g/mol. The van der Waals surface area contributed by atoms with Gasteiger partial charge in [-0.15, -0.1) is 0 Å². The van der Waals surface area contributed by atoms with Gasteiger partial charge >= 0.3 is 6.09 Å². The highest BCUT2D eigenvalue weighted by Gasteiger charge is 2.36. The van der Waals surface area contributed by atoms with Crippen molar-refractivity contribution in [3.63, 3.8) is 0 Å². The van der Waals surface area contributed by atoms with Crippen LogP contribution in [0.5, 0.6) is 0 Å². The number of rotatable bonds is 4. The van der Waals surface area contributed by atoms with Crippen LogP contribution in [0.3, 0.4) is 0 Å². The smallest absolute Gasteiger partial charge is 0.410 e. The molecule has 0 aliphatic carbocycles. The zero-order chi connectivity index (χ0) is 15.4. The zero-order valence-corrected chi connectivity index (χ0v) is 13.6. The van der Waals surface area contributed by atoms with Crippen LogP contribution in [0.1, 0.15) is 53.9 Å². The highest BCUT2D eigenvalue weighted by Crippen LogP contribution is 2.30. The summed E-state index contributed by atoms with van der Waals surface area (Å²) in [7, 11) is 0. The maximum absolute atomic E-state index is 12.0. The van der Waals surface area contributed by atoms with E-state index in [9.17, 15) is 4.79 Å².